The molecule has 0 spiro atoms. The number of esters is 1. The fourth-order valence-electron chi connectivity index (χ4n) is 3.84. The minimum atomic E-state index is -0.570. The highest BCUT2D eigenvalue weighted by Gasteiger charge is 2.24. The van der Waals surface area contributed by atoms with Crippen LogP contribution in [0.1, 0.15) is 46.4 Å². The average molecular weight is 381 g/mol. The molecule has 3 aromatic rings. The van der Waals surface area contributed by atoms with E-state index in [1.54, 1.807) is 13.8 Å². The molecule has 2 aromatic heterocycles. The quantitative estimate of drug-likeness (QED) is 0.698. The summed E-state index contributed by atoms with van der Waals surface area (Å²) in [6.07, 6.45) is 2.10. The molecule has 0 unspecified atom stereocenters. The summed E-state index contributed by atoms with van der Waals surface area (Å²) in [5.41, 5.74) is 3.65. The molecule has 7 heteroatoms. The summed E-state index contributed by atoms with van der Waals surface area (Å²) in [7, 11) is 0. The van der Waals surface area contributed by atoms with Crippen LogP contribution in [0.2, 0.25) is 0 Å². The highest BCUT2D eigenvalue weighted by Crippen LogP contribution is 2.29. The van der Waals surface area contributed by atoms with Crippen LogP contribution in [0.4, 0.5) is 5.69 Å². The molecule has 1 aliphatic rings. The summed E-state index contributed by atoms with van der Waals surface area (Å²) >= 11 is 0. The van der Waals surface area contributed by atoms with Crippen LogP contribution < -0.4 is 10.5 Å². The first-order chi connectivity index (χ1) is 13.5. The Balaban J connectivity index is 1.70. The number of carbonyl (C=O) groups is 1. The highest BCUT2D eigenvalue weighted by atomic mass is 16.5. The second kappa shape index (κ2) is 7.14. The zero-order valence-electron chi connectivity index (χ0n) is 16.3. The molecular formula is C21H23N3O4. The van der Waals surface area contributed by atoms with E-state index in [0.29, 0.717) is 18.1 Å². The number of fused-ring (bicyclic) bond motifs is 2. The molecule has 28 heavy (non-hydrogen) atoms. The molecule has 1 N–H and O–H groups in total. The molecule has 4 rings (SSSR count). The topological polar surface area (TPSA) is 88.4 Å². The lowest BCUT2D eigenvalue weighted by atomic mass is 9.99. The molecular weight excluding hydrogens is 358 g/mol. The third kappa shape index (κ3) is 3.17. The van der Waals surface area contributed by atoms with Crippen molar-refractivity contribution in [2.45, 2.75) is 40.2 Å². The molecule has 3 heterocycles. The van der Waals surface area contributed by atoms with Crippen LogP contribution in [0.5, 0.6) is 0 Å². The highest BCUT2D eigenvalue weighted by molar-refractivity contribution is 6.03. The van der Waals surface area contributed by atoms with Crippen LogP contribution >= 0.6 is 0 Å². The van der Waals surface area contributed by atoms with E-state index < -0.39 is 5.97 Å². The summed E-state index contributed by atoms with van der Waals surface area (Å²) in [6.45, 7) is 7.03. The number of hydrogen-bond donors (Lipinski definition) is 1. The number of ether oxygens (including phenoxy) is 1. The zero-order valence-corrected chi connectivity index (χ0v) is 16.3. The maximum absolute atomic E-state index is 12.7. The second-order valence-corrected chi connectivity index (χ2v) is 7.10. The summed E-state index contributed by atoms with van der Waals surface area (Å²) in [5, 5.41) is 0.148. The summed E-state index contributed by atoms with van der Waals surface area (Å²) < 4.78 is 10.7. The Bertz CT molecular complexity index is 1110. The van der Waals surface area contributed by atoms with Gasteiger partial charge in [0.1, 0.15) is 22.5 Å². The van der Waals surface area contributed by atoms with Gasteiger partial charge in [0.2, 0.25) is 5.71 Å². The number of furan rings is 1. The fraction of sp³-hybridized carbons (Fsp3) is 0.381. The van der Waals surface area contributed by atoms with Gasteiger partial charge in [0.25, 0.3) is 5.56 Å². The Morgan fingerprint density at radius 2 is 2.18 bits per heavy atom. The van der Waals surface area contributed by atoms with Gasteiger partial charge in [0.15, 0.2) is 0 Å². The van der Waals surface area contributed by atoms with E-state index in [9.17, 15) is 9.59 Å². The lowest BCUT2D eigenvalue weighted by Crippen LogP contribution is -2.30. The number of aryl methyl sites for hydroxylation is 3. The number of hydrogen-bond acceptors (Lipinski definition) is 6. The molecule has 0 saturated heterocycles. The number of anilines is 1. The molecule has 7 nitrogen and oxygen atoms in total. The molecule has 0 fully saturated rings. The number of aromatic amines is 1. The number of aromatic nitrogens is 2. The standard InChI is InChI=1S/C21H23N3O4/c1-4-27-21(26)17-13(3)28-20-18(17)19(25)22-16(23-20)11-24-9-5-6-14-10-12(2)7-8-15(14)24/h7-8,10H,4-6,9,11H2,1-3H3,(H,22,23,25). The maximum atomic E-state index is 12.7. The van der Waals surface area contributed by atoms with E-state index in [4.69, 9.17) is 9.15 Å². The molecule has 1 aromatic carbocycles. The van der Waals surface area contributed by atoms with E-state index in [2.05, 4.69) is 40.0 Å². The average Bonchev–Trinajstić information content (AvgIpc) is 2.98. The molecule has 0 atom stereocenters. The van der Waals surface area contributed by atoms with E-state index in [1.807, 2.05) is 0 Å². The zero-order chi connectivity index (χ0) is 19.8. The summed E-state index contributed by atoms with van der Waals surface area (Å²) in [6, 6.07) is 6.43. The SMILES string of the molecule is CCOC(=O)c1c(C)oc2nc(CN3CCCc4cc(C)ccc43)[nH]c(=O)c12. The third-order valence-electron chi connectivity index (χ3n) is 5.06. The van der Waals surface area contributed by atoms with Gasteiger partial charge in [0.05, 0.1) is 13.2 Å². The van der Waals surface area contributed by atoms with Crippen LogP contribution in [0.3, 0.4) is 0 Å². The molecule has 1 aliphatic heterocycles. The van der Waals surface area contributed by atoms with Crippen LogP contribution in [0.15, 0.2) is 27.4 Å². The van der Waals surface area contributed by atoms with Gasteiger partial charge in [-0.25, -0.2) is 4.79 Å². The number of nitrogens with one attached hydrogen (secondary N) is 1. The van der Waals surface area contributed by atoms with Gasteiger partial charge >= 0.3 is 5.97 Å². The number of benzene rings is 1. The number of H-pyrrole nitrogens is 1. The van der Waals surface area contributed by atoms with Crippen molar-refractivity contribution in [1.82, 2.24) is 9.97 Å². The minimum absolute atomic E-state index is 0.148. The van der Waals surface area contributed by atoms with Crippen molar-refractivity contribution in [2.75, 3.05) is 18.1 Å². The lowest BCUT2D eigenvalue weighted by Gasteiger charge is -2.31. The Morgan fingerprint density at radius 3 is 2.96 bits per heavy atom. The Hall–Kier alpha value is -3.09. The first-order valence-electron chi connectivity index (χ1n) is 9.51. The predicted molar refractivity (Wildman–Crippen MR) is 106 cm³/mol. The van der Waals surface area contributed by atoms with E-state index in [0.717, 1.165) is 19.4 Å². The first-order valence-corrected chi connectivity index (χ1v) is 9.51. The molecule has 0 amide bonds. The van der Waals surface area contributed by atoms with Gasteiger partial charge in [-0.1, -0.05) is 17.7 Å². The van der Waals surface area contributed by atoms with Crippen molar-refractivity contribution in [3.05, 3.63) is 56.8 Å². The van der Waals surface area contributed by atoms with Crippen LogP contribution in [-0.4, -0.2) is 29.1 Å². The van der Waals surface area contributed by atoms with E-state index >= 15 is 0 Å². The van der Waals surface area contributed by atoms with E-state index in [-0.39, 0.29) is 28.8 Å². The number of rotatable bonds is 4. The van der Waals surface area contributed by atoms with Gasteiger partial charge in [-0.15, -0.1) is 0 Å². The fourth-order valence-corrected chi connectivity index (χ4v) is 3.84. The molecule has 0 radical (unpaired) electrons. The van der Waals surface area contributed by atoms with E-state index in [1.165, 1.54) is 16.8 Å². The number of nitrogens with zero attached hydrogens (tertiary/aromatic N) is 2. The molecule has 0 aliphatic carbocycles. The normalized spacial score (nSPS) is 13.6. The smallest absolute Gasteiger partial charge is 0.342 e. The van der Waals surface area contributed by atoms with Gasteiger partial charge in [-0.05, 0) is 45.2 Å². The first kappa shape index (κ1) is 18.3. The molecule has 0 saturated carbocycles. The Morgan fingerprint density at radius 1 is 1.36 bits per heavy atom. The lowest BCUT2D eigenvalue weighted by molar-refractivity contribution is 0.0526. The van der Waals surface area contributed by atoms with Gasteiger partial charge in [0, 0.05) is 12.2 Å². The monoisotopic (exact) mass is 381 g/mol. The van der Waals surface area contributed by atoms with Crippen molar-refractivity contribution < 1.29 is 13.9 Å². The van der Waals surface area contributed by atoms with Crippen LogP contribution in [0.25, 0.3) is 11.1 Å². The van der Waals surface area contributed by atoms with Crippen molar-refractivity contribution in [3.8, 4) is 0 Å². The van der Waals surface area contributed by atoms with Gasteiger partial charge in [-0.2, -0.15) is 4.98 Å². The summed E-state index contributed by atoms with van der Waals surface area (Å²) in [4.78, 5) is 34.4. The molecule has 0 bridgehead atoms. The Kier molecular flexibility index (Phi) is 4.66. The van der Waals surface area contributed by atoms with Gasteiger partial charge in [-0.3, -0.25) is 4.79 Å². The maximum Gasteiger partial charge on any atom is 0.342 e. The predicted octanol–water partition coefficient (Wildman–Crippen LogP) is 3.26. The van der Waals surface area contributed by atoms with Crippen LogP contribution in [-0.2, 0) is 17.7 Å². The molecule has 146 valence electrons. The minimum Gasteiger partial charge on any atom is -0.462 e. The van der Waals surface area contributed by atoms with Gasteiger partial charge < -0.3 is 19.0 Å². The second-order valence-electron chi connectivity index (χ2n) is 7.10. The number of carbonyl (C=O) groups excluding carboxylic acids is 1. The van der Waals surface area contributed by atoms with Crippen molar-refractivity contribution >= 4 is 22.8 Å². The largest absolute Gasteiger partial charge is 0.462 e. The van der Waals surface area contributed by atoms with Crippen molar-refractivity contribution in [1.29, 1.82) is 0 Å². The Labute approximate surface area is 162 Å². The summed E-state index contributed by atoms with van der Waals surface area (Å²) in [5.74, 6) is 0.275. The third-order valence-corrected chi connectivity index (χ3v) is 5.06. The van der Waals surface area contributed by atoms with Crippen molar-refractivity contribution in [2.24, 2.45) is 0 Å². The van der Waals surface area contributed by atoms with Crippen molar-refractivity contribution in [3.63, 3.8) is 0 Å². The van der Waals surface area contributed by atoms with Crippen LogP contribution in [0, 0.1) is 13.8 Å².